The summed E-state index contributed by atoms with van der Waals surface area (Å²) >= 11 is 0. The third kappa shape index (κ3) is 10.8. The SMILES string of the molecule is NC(=O)C[C@@H]1NC(=O)C2(CCCCC2)NC(=O)[C@@H](c2ccc(CP(=O)(OCc3ccccc3)OCc3ccccc3)cc2)NC(=O)CCCNC1=O. The second-order valence-electron chi connectivity index (χ2n) is 13.3. The van der Waals surface area contributed by atoms with Gasteiger partial charge in [-0.3, -0.25) is 28.5 Å². The van der Waals surface area contributed by atoms with Crippen LogP contribution in [0.1, 0.15) is 79.7 Å². The predicted octanol–water partition coefficient (Wildman–Crippen LogP) is 4.06. The molecule has 1 aliphatic heterocycles. The second kappa shape index (κ2) is 18.1. The first-order chi connectivity index (χ1) is 25.0. The fourth-order valence-corrected chi connectivity index (χ4v) is 7.96. The monoisotopic (exact) mass is 731 g/mol. The van der Waals surface area contributed by atoms with Crippen molar-refractivity contribution in [1.29, 1.82) is 0 Å². The number of carbonyl (C=O) groups excluding carboxylic acids is 5. The van der Waals surface area contributed by atoms with E-state index in [9.17, 15) is 28.5 Å². The zero-order chi connectivity index (χ0) is 37.0. The molecule has 3 aromatic rings. The minimum atomic E-state index is -3.68. The summed E-state index contributed by atoms with van der Waals surface area (Å²) in [6.07, 6.45) is 2.53. The topological polar surface area (TPSA) is 195 Å². The van der Waals surface area contributed by atoms with E-state index in [0.717, 1.165) is 17.5 Å². The highest BCUT2D eigenvalue weighted by Crippen LogP contribution is 2.53. The van der Waals surface area contributed by atoms with Crippen LogP contribution in [0.3, 0.4) is 0 Å². The van der Waals surface area contributed by atoms with Gasteiger partial charge in [0.1, 0.15) is 17.6 Å². The third-order valence-corrected chi connectivity index (χ3v) is 11.0. The number of primary amides is 1. The van der Waals surface area contributed by atoms with Gasteiger partial charge in [-0.2, -0.15) is 0 Å². The quantitative estimate of drug-likeness (QED) is 0.182. The average Bonchev–Trinajstić information content (AvgIpc) is 3.14. The summed E-state index contributed by atoms with van der Waals surface area (Å²) in [5.41, 5.74) is 6.76. The molecular weight excluding hydrogens is 685 g/mol. The Morgan fingerprint density at radius 3 is 1.92 bits per heavy atom. The molecule has 1 aliphatic carbocycles. The molecule has 0 radical (unpaired) electrons. The van der Waals surface area contributed by atoms with E-state index in [1.165, 1.54) is 0 Å². The van der Waals surface area contributed by atoms with Crippen molar-refractivity contribution in [2.45, 2.75) is 88.4 Å². The highest BCUT2D eigenvalue weighted by atomic mass is 31.2. The molecule has 1 saturated carbocycles. The predicted molar refractivity (Wildman–Crippen MR) is 193 cm³/mol. The van der Waals surface area contributed by atoms with Gasteiger partial charge in [-0.1, -0.05) is 104 Å². The maximum absolute atomic E-state index is 14.1. The van der Waals surface area contributed by atoms with Gasteiger partial charge in [-0.05, 0) is 41.5 Å². The largest absolute Gasteiger partial charge is 0.370 e. The molecule has 1 spiro atoms. The van der Waals surface area contributed by atoms with Gasteiger partial charge in [0.2, 0.25) is 29.5 Å². The normalized spacial score (nSPS) is 20.2. The van der Waals surface area contributed by atoms with Gasteiger partial charge in [0, 0.05) is 13.0 Å². The molecule has 5 amide bonds. The Morgan fingerprint density at radius 2 is 1.35 bits per heavy atom. The molecule has 1 heterocycles. The third-order valence-electron chi connectivity index (χ3n) is 9.21. The molecule has 0 bridgehead atoms. The van der Waals surface area contributed by atoms with E-state index in [0.29, 0.717) is 36.8 Å². The fourth-order valence-electron chi connectivity index (χ4n) is 6.36. The lowest BCUT2D eigenvalue weighted by atomic mass is 9.80. The Kier molecular flexibility index (Phi) is 13.3. The minimum absolute atomic E-state index is 0.000813. The first-order valence-corrected chi connectivity index (χ1v) is 19.3. The summed E-state index contributed by atoms with van der Waals surface area (Å²) in [5, 5.41) is 11.0. The second-order valence-corrected chi connectivity index (χ2v) is 15.3. The van der Waals surface area contributed by atoms with E-state index in [2.05, 4.69) is 21.3 Å². The van der Waals surface area contributed by atoms with Crippen molar-refractivity contribution in [3.05, 3.63) is 107 Å². The van der Waals surface area contributed by atoms with Crippen LogP contribution in [0.5, 0.6) is 0 Å². The molecule has 2 atom stereocenters. The van der Waals surface area contributed by atoms with Gasteiger partial charge in [0.25, 0.3) is 0 Å². The molecule has 3 aromatic carbocycles. The summed E-state index contributed by atoms with van der Waals surface area (Å²) in [4.78, 5) is 65.7. The lowest BCUT2D eigenvalue weighted by molar-refractivity contribution is -0.139. The molecule has 52 heavy (non-hydrogen) atoms. The number of rotatable bonds is 11. The van der Waals surface area contributed by atoms with Gasteiger partial charge < -0.3 is 36.0 Å². The van der Waals surface area contributed by atoms with E-state index in [1.54, 1.807) is 24.3 Å². The van der Waals surface area contributed by atoms with Crippen LogP contribution in [0.15, 0.2) is 84.9 Å². The first-order valence-electron chi connectivity index (χ1n) is 17.6. The number of hydrogen-bond donors (Lipinski definition) is 5. The lowest BCUT2D eigenvalue weighted by Gasteiger charge is -2.38. The van der Waals surface area contributed by atoms with Gasteiger partial charge in [-0.25, -0.2) is 0 Å². The molecule has 276 valence electrons. The van der Waals surface area contributed by atoms with Gasteiger partial charge in [0.15, 0.2) is 0 Å². The Morgan fingerprint density at radius 1 is 0.750 bits per heavy atom. The molecule has 0 unspecified atom stereocenters. The van der Waals surface area contributed by atoms with Crippen LogP contribution >= 0.6 is 7.60 Å². The number of hydrogen-bond acceptors (Lipinski definition) is 8. The Bertz CT molecular complexity index is 1700. The highest BCUT2D eigenvalue weighted by Gasteiger charge is 2.44. The first kappa shape index (κ1) is 38.4. The standard InChI is InChI=1S/C38H46N5O8P/c39-32(44)23-31-35(46)40-22-10-15-33(45)42-34(36(47)43-38(37(48)41-31)20-8-3-9-21-38)30-18-16-29(17-19-30)26-52(49,50-24-27-11-4-1-5-12-27)51-25-28-13-6-2-7-14-28/h1-2,4-7,11-14,16-19,31,34H,3,8-10,15,20-26H2,(H2,39,44)(H,40,46)(H,41,48)(H,42,45)(H,43,47)/t31-,34+/m0/s1. The van der Waals surface area contributed by atoms with Crippen molar-refractivity contribution in [3.8, 4) is 0 Å². The van der Waals surface area contributed by atoms with Crippen molar-refractivity contribution < 1.29 is 37.6 Å². The molecule has 13 nitrogen and oxygen atoms in total. The summed E-state index contributed by atoms with van der Waals surface area (Å²) in [5.74, 6) is -3.00. The van der Waals surface area contributed by atoms with Gasteiger partial charge >= 0.3 is 7.60 Å². The number of benzene rings is 3. The average molecular weight is 732 g/mol. The molecule has 2 fully saturated rings. The van der Waals surface area contributed by atoms with Crippen LogP contribution in [0.25, 0.3) is 0 Å². The highest BCUT2D eigenvalue weighted by molar-refractivity contribution is 7.52. The lowest BCUT2D eigenvalue weighted by Crippen LogP contribution is -2.64. The molecule has 14 heteroatoms. The molecule has 6 N–H and O–H groups in total. The van der Waals surface area contributed by atoms with Crippen LogP contribution in [0.4, 0.5) is 0 Å². The number of carbonyl (C=O) groups is 5. The Hall–Kier alpha value is -4.84. The number of nitrogens with one attached hydrogen (secondary N) is 4. The maximum atomic E-state index is 14.1. The van der Waals surface area contributed by atoms with Crippen LogP contribution in [0, 0.1) is 0 Å². The van der Waals surface area contributed by atoms with Crippen LogP contribution in [0.2, 0.25) is 0 Å². The van der Waals surface area contributed by atoms with Crippen molar-refractivity contribution >= 4 is 37.1 Å². The zero-order valence-corrected chi connectivity index (χ0v) is 29.9. The minimum Gasteiger partial charge on any atom is -0.370 e. The van der Waals surface area contributed by atoms with E-state index >= 15 is 0 Å². The number of nitrogens with two attached hydrogens (primary N) is 1. The molecule has 5 rings (SSSR count). The van der Waals surface area contributed by atoms with E-state index in [-0.39, 0.29) is 38.8 Å². The Balaban J connectivity index is 1.38. The van der Waals surface area contributed by atoms with E-state index in [1.807, 2.05) is 60.7 Å². The molecule has 1 saturated heterocycles. The van der Waals surface area contributed by atoms with E-state index in [4.69, 9.17) is 14.8 Å². The fraction of sp³-hybridized carbons (Fsp3) is 0.395. The van der Waals surface area contributed by atoms with E-state index < -0.39 is 61.2 Å². The van der Waals surface area contributed by atoms with Crippen LogP contribution in [-0.4, -0.2) is 47.7 Å². The van der Waals surface area contributed by atoms with Crippen LogP contribution in [-0.2, 0) is 57.0 Å². The summed E-state index contributed by atoms with van der Waals surface area (Å²) in [6.45, 7) is 0.274. The summed E-state index contributed by atoms with van der Waals surface area (Å²) in [7, 11) is -3.68. The van der Waals surface area contributed by atoms with Gasteiger partial charge in [0.05, 0.1) is 25.8 Å². The summed E-state index contributed by atoms with van der Waals surface area (Å²) < 4.78 is 26.0. The smallest absolute Gasteiger partial charge is 0.335 e. The van der Waals surface area contributed by atoms with Crippen LogP contribution < -0.4 is 27.0 Å². The van der Waals surface area contributed by atoms with Crippen molar-refractivity contribution in [1.82, 2.24) is 21.3 Å². The Labute approximate surface area is 303 Å². The van der Waals surface area contributed by atoms with Gasteiger partial charge in [-0.15, -0.1) is 0 Å². The van der Waals surface area contributed by atoms with Crippen molar-refractivity contribution in [2.24, 2.45) is 5.73 Å². The number of amides is 5. The molecule has 0 aromatic heterocycles. The molecular formula is C38H46N5O8P. The maximum Gasteiger partial charge on any atom is 0.335 e. The van der Waals surface area contributed by atoms with Crippen molar-refractivity contribution in [3.63, 3.8) is 0 Å². The van der Waals surface area contributed by atoms with Crippen molar-refractivity contribution in [2.75, 3.05) is 6.54 Å². The zero-order valence-electron chi connectivity index (χ0n) is 29.0. The summed E-state index contributed by atoms with van der Waals surface area (Å²) in [6, 6.07) is 23.1. The molecule has 2 aliphatic rings.